The molecule has 0 radical (unpaired) electrons. The van der Waals surface area contributed by atoms with Crippen LogP contribution in [0.25, 0.3) is 0 Å². The lowest BCUT2D eigenvalue weighted by Gasteiger charge is -2.22. The first-order valence-electron chi connectivity index (χ1n) is 5.39. The molecule has 1 unspecified atom stereocenters. The summed E-state index contributed by atoms with van der Waals surface area (Å²) in [5.74, 6) is 0.304. The maximum Gasteiger partial charge on any atom is 0.0874 e. The van der Waals surface area contributed by atoms with Crippen molar-refractivity contribution >= 4 is 15.9 Å². The van der Waals surface area contributed by atoms with E-state index < -0.39 is 0 Å². The van der Waals surface area contributed by atoms with Crippen molar-refractivity contribution in [2.45, 2.75) is 5.92 Å². The van der Waals surface area contributed by atoms with E-state index in [1.165, 1.54) is 5.56 Å². The second kappa shape index (κ2) is 7.84. The molecule has 0 aromatic heterocycles. The Morgan fingerprint density at radius 1 is 1.12 bits per heavy atom. The minimum atomic E-state index is 0.296. The molecule has 1 aromatic rings. The molecule has 0 N–H and O–H groups in total. The molecule has 1 atom stereocenters. The minimum Gasteiger partial charge on any atom is -0.277 e. The monoisotopic (exact) mass is 291 g/mol. The maximum atomic E-state index is 8.71. The highest BCUT2D eigenvalue weighted by atomic mass is 79.9. The van der Waals surface area contributed by atoms with Crippen LogP contribution >= 0.6 is 15.9 Å². The van der Waals surface area contributed by atoms with Crippen molar-refractivity contribution in [3.05, 3.63) is 35.9 Å². The van der Waals surface area contributed by atoms with Crippen LogP contribution in [-0.2, 0) is 0 Å². The number of rotatable bonds is 6. The fourth-order valence-corrected chi connectivity index (χ4v) is 2.24. The third-order valence-electron chi connectivity index (χ3n) is 2.52. The Morgan fingerprint density at radius 3 is 2.18 bits per heavy atom. The van der Waals surface area contributed by atoms with Gasteiger partial charge in [-0.2, -0.15) is 10.5 Å². The van der Waals surface area contributed by atoms with Gasteiger partial charge >= 0.3 is 0 Å². The number of nitriles is 2. The molecule has 0 saturated heterocycles. The fourth-order valence-electron chi connectivity index (χ4n) is 1.67. The van der Waals surface area contributed by atoms with E-state index in [0.29, 0.717) is 19.0 Å². The van der Waals surface area contributed by atoms with Gasteiger partial charge in [0.05, 0.1) is 25.2 Å². The minimum absolute atomic E-state index is 0.296. The Hall–Kier alpha value is -1.36. The summed E-state index contributed by atoms with van der Waals surface area (Å²) in [6.45, 7) is 1.31. The summed E-state index contributed by atoms with van der Waals surface area (Å²) >= 11 is 3.49. The van der Waals surface area contributed by atoms with Crippen molar-refractivity contribution in [2.75, 3.05) is 25.0 Å². The smallest absolute Gasteiger partial charge is 0.0874 e. The second-order valence-corrected chi connectivity index (χ2v) is 4.40. The number of hydrogen-bond acceptors (Lipinski definition) is 3. The lowest BCUT2D eigenvalue weighted by Crippen LogP contribution is -2.30. The van der Waals surface area contributed by atoms with Crippen LogP contribution < -0.4 is 0 Å². The number of nitrogens with zero attached hydrogens (tertiary/aromatic N) is 3. The Kier molecular flexibility index (Phi) is 6.32. The molecule has 4 heteroatoms. The van der Waals surface area contributed by atoms with Crippen LogP contribution in [0, 0.1) is 22.7 Å². The second-order valence-electron chi connectivity index (χ2n) is 3.75. The van der Waals surface area contributed by atoms with E-state index in [-0.39, 0.29) is 0 Å². The summed E-state index contributed by atoms with van der Waals surface area (Å²) < 4.78 is 0. The number of halogens is 1. The normalized spacial score (nSPS) is 11.8. The predicted octanol–water partition coefficient (Wildman–Crippen LogP) is 2.51. The van der Waals surface area contributed by atoms with E-state index in [4.69, 9.17) is 10.5 Å². The van der Waals surface area contributed by atoms with Crippen LogP contribution in [-0.4, -0.2) is 29.9 Å². The topological polar surface area (TPSA) is 50.8 Å². The third-order valence-corrected chi connectivity index (χ3v) is 3.31. The molecule has 0 amide bonds. The molecule has 0 saturated carbocycles. The average Bonchev–Trinajstić information content (AvgIpc) is 2.37. The van der Waals surface area contributed by atoms with Crippen LogP contribution in [0.2, 0.25) is 0 Å². The van der Waals surface area contributed by atoms with Gasteiger partial charge in [-0.25, -0.2) is 0 Å². The highest BCUT2D eigenvalue weighted by molar-refractivity contribution is 9.09. The first-order valence-corrected chi connectivity index (χ1v) is 6.51. The predicted molar refractivity (Wildman–Crippen MR) is 70.6 cm³/mol. The standard InChI is InChI=1S/C13H14BrN3/c14-10-13(12-4-2-1-3-5-12)11-17(8-6-15)9-7-16/h1-5,13H,8-11H2. The number of alkyl halides is 1. The molecule has 0 spiro atoms. The van der Waals surface area contributed by atoms with E-state index in [9.17, 15) is 0 Å². The first-order chi connectivity index (χ1) is 8.31. The largest absolute Gasteiger partial charge is 0.277 e. The van der Waals surface area contributed by atoms with Crippen LogP contribution in [0.1, 0.15) is 11.5 Å². The zero-order valence-electron chi connectivity index (χ0n) is 9.51. The van der Waals surface area contributed by atoms with Gasteiger partial charge in [0.2, 0.25) is 0 Å². The zero-order chi connectivity index (χ0) is 12.5. The Morgan fingerprint density at radius 2 is 1.71 bits per heavy atom. The number of hydrogen-bond donors (Lipinski definition) is 0. The molecule has 0 bridgehead atoms. The molecule has 88 valence electrons. The van der Waals surface area contributed by atoms with Gasteiger partial charge in [0, 0.05) is 17.8 Å². The van der Waals surface area contributed by atoms with Crippen LogP contribution in [0.5, 0.6) is 0 Å². The van der Waals surface area contributed by atoms with E-state index in [1.807, 2.05) is 23.1 Å². The van der Waals surface area contributed by atoms with Crippen molar-refractivity contribution < 1.29 is 0 Å². The van der Waals surface area contributed by atoms with Crippen LogP contribution in [0.3, 0.4) is 0 Å². The molecule has 0 aliphatic heterocycles. The van der Waals surface area contributed by atoms with Gasteiger partial charge in [-0.15, -0.1) is 0 Å². The van der Waals surface area contributed by atoms with Crippen LogP contribution in [0.15, 0.2) is 30.3 Å². The van der Waals surface area contributed by atoms with Gasteiger partial charge in [0.15, 0.2) is 0 Å². The molecule has 0 fully saturated rings. The van der Waals surface area contributed by atoms with Gasteiger partial charge in [0.25, 0.3) is 0 Å². The van der Waals surface area contributed by atoms with Crippen molar-refractivity contribution in [3.8, 4) is 12.1 Å². The Bertz CT molecular complexity index is 389. The summed E-state index contributed by atoms with van der Waals surface area (Å²) in [6.07, 6.45) is 0. The molecule has 0 heterocycles. The highest BCUT2D eigenvalue weighted by Crippen LogP contribution is 2.19. The van der Waals surface area contributed by atoms with Gasteiger partial charge < -0.3 is 0 Å². The first kappa shape index (κ1) is 13.7. The van der Waals surface area contributed by atoms with E-state index in [0.717, 1.165) is 11.9 Å². The third kappa shape index (κ3) is 4.56. The van der Waals surface area contributed by atoms with Crippen molar-refractivity contribution in [3.63, 3.8) is 0 Å². The summed E-state index contributed by atoms with van der Waals surface area (Å²) in [5, 5.41) is 18.2. The Balaban J connectivity index is 2.69. The van der Waals surface area contributed by atoms with Gasteiger partial charge in [-0.1, -0.05) is 46.3 Å². The van der Waals surface area contributed by atoms with Crippen molar-refractivity contribution in [1.82, 2.24) is 4.90 Å². The fraction of sp³-hybridized carbons (Fsp3) is 0.385. The SMILES string of the molecule is N#CCN(CC#N)CC(CBr)c1ccccc1. The summed E-state index contributed by atoms with van der Waals surface area (Å²) in [5.41, 5.74) is 1.23. The molecule has 1 aromatic carbocycles. The summed E-state index contributed by atoms with van der Waals surface area (Å²) in [6, 6.07) is 14.3. The quantitative estimate of drug-likeness (QED) is 0.598. The van der Waals surface area contributed by atoms with Gasteiger partial charge in [0.1, 0.15) is 0 Å². The highest BCUT2D eigenvalue weighted by Gasteiger charge is 2.14. The molecular weight excluding hydrogens is 278 g/mol. The maximum absolute atomic E-state index is 8.71. The molecule has 0 aliphatic carbocycles. The lowest BCUT2D eigenvalue weighted by molar-refractivity contribution is 0.326. The Labute approximate surface area is 110 Å². The average molecular weight is 292 g/mol. The molecule has 3 nitrogen and oxygen atoms in total. The van der Waals surface area contributed by atoms with Gasteiger partial charge in [-0.05, 0) is 5.56 Å². The molecule has 0 aliphatic rings. The summed E-state index contributed by atoms with van der Waals surface area (Å²) in [7, 11) is 0. The van der Waals surface area contributed by atoms with E-state index in [1.54, 1.807) is 0 Å². The molecule has 17 heavy (non-hydrogen) atoms. The molecular formula is C13H14BrN3. The van der Waals surface area contributed by atoms with Crippen molar-refractivity contribution in [2.24, 2.45) is 0 Å². The zero-order valence-corrected chi connectivity index (χ0v) is 11.1. The molecule has 1 rings (SSSR count). The lowest BCUT2D eigenvalue weighted by atomic mass is 10.0. The van der Waals surface area contributed by atoms with E-state index in [2.05, 4.69) is 40.2 Å². The number of benzene rings is 1. The van der Waals surface area contributed by atoms with E-state index >= 15 is 0 Å². The van der Waals surface area contributed by atoms with Crippen LogP contribution in [0.4, 0.5) is 0 Å². The summed E-state index contributed by atoms with van der Waals surface area (Å²) in [4.78, 5) is 1.86. The van der Waals surface area contributed by atoms with Crippen molar-refractivity contribution in [1.29, 1.82) is 10.5 Å². The van der Waals surface area contributed by atoms with Gasteiger partial charge in [-0.3, -0.25) is 4.90 Å².